The number of benzene rings is 3. The van der Waals surface area contributed by atoms with E-state index in [2.05, 4.69) is 21.2 Å². The van der Waals surface area contributed by atoms with Crippen LogP contribution in [0.1, 0.15) is 31.4 Å². The van der Waals surface area contributed by atoms with E-state index in [1.807, 2.05) is 68.4 Å². The normalized spacial score (nSPS) is 12.5. The van der Waals surface area contributed by atoms with E-state index in [0.29, 0.717) is 12.2 Å². The fourth-order valence-electron chi connectivity index (χ4n) is 3.59. The number of amides is 2. The third kappa shape index (κ3) is 8.21. The van der Waals surface area contributed by atoms with Gasteiger partial charge in [-0.05, 0) is 60.9 Å². The second kappa shape index (κ2) is 13.0. The Morgan fingerprint density at radius 3 is 2.34 bits per heavy atom. The van der Waals surface area contributed by atoms with Gasteiger partial charge in [-0.25, -0.2) is 4.39 Å². The van der Waals surface area contributed by atoms with E-state index in [1.54, 1.807) is 4.90 Å². The third-order valence-electron chi connectivity index (χ3n) is 5.69. The van der Waals surface area contributed by atoms with Gasteiger partial charge in [0.15, 0.2) is 6.61 Å². The highest BCUT2D eigenvalue weighted by molar-refractivity contribution is 9.10. The first-order valence-electron chi connectivity index (χ1n) is 11.6. The molecule has 7 heteroatoms. The largest absolute Gasteiger partial charge is 0.484 e. The lowest BCUT2D eigenvalue weighted by atomic mass is 10.0. The minimum Gasteiger partial charge on any atom is -0.484 e. The van der Waals surface area contributed by atoms with Crippen molar-refractivity contribution in [2.24, 2.45) is 0 Å². The molecule has 0 heterocycles. The molecule has 0 aliphatic heterocycles. The molecule has 0 spiro atoms. The average molecular weight is 541 g/mol. The molecule has 35 heavy (non-hydrogen) atoms. The van der Waals surface area contributed by atoms with Crippen LogP contribution in [0, 0.1) is 5.82 Å². The van der Waals surface area contributed by atoms with E-state index >= 15 is 0 Å². The molecule has 0 aliphatic rings. The Bertz CT molecular complexity index is 1110. The Hall–Kier alpha value is -3.19. The summed E-state index contributed by atoms with van der Waals surface area (Å²) in [6.07, 6.45) is 1.14. The number of hydrogen-bond donors (Lipinski definition) is 1. The Balaban J connectivity index is 1.90. The highest BCUT2D eigenvalue weighted by atomic mass is 79.9. The molecular weight excluding hydrogens is 511 g/mol. The van der Waals surface area contributed by atoms with Crippen molar-refractivity contribution >= 4 is 27.7 Å². The highest BCUT2D eigenvalue weighted by Crippen LogP contribution is 2.19. The number of nitrogens with one attached hydrogen (secondary N) is 1. The van der Waals surface area contributed by atoms with Gasteiger partial charge < -0.3 is 15.0 Å². The van der Waals surface area contributed by atoms with Gasteiger partial charge >= 0.3 is 0 Å². The highest BCUT2D eigenvalue weighted by Gasteiger charge is 2.31. The van der Waals surface area contributed by atoms with Crippen molar-refractivity contribution in [3.63, 3.8) is 0 Å². The zero-order valence-corrected chi connectivity index (χ0v) is 21.5. The van der Waals surface area contributed by atoms with Crippen molar-refractivity contribution in [1.29, 1.82) is 0 Å². The van der Waals surface area contributed by atoms with Crippen LogP contribution >= 0.6 is 15.9 Å². The fourth-order valence-corrected chi connectivity index (χ4v) is 4.03. The zero-order chi connectivity index (χ0) is 25.2. The van der Waals surface area contributed by atoms with Crippen molar-refractivity contribution in [3.8, 4) is 5.75 Å². The van der Waals surface area contributed by atoms with Crippen LogP contribution in [0.25, 0.3) is 0 Å². The second-order valence-electron chi connectivity index (χ2n) is 8.42. The lowest BCUT2D eigenvalue weighted by Crippen LogP contribution is -2.53. The number of hydrogen-bond acceptors (Lipinski definition) is 3. The number of rotatable bonds is 11. The SMILES string of the molecule is CC[C@H](C)NC(=O)[C@H](Cc1ccccc1)N(Cc1cccc(Br)c1)C(=O)COc1ccc(F)cc1. The molecule has 0 fully saturated rings. The van der Waals surface area contributed by atoms with E-state index in [0.717, 1.165) is 22.0 Å². The first kappa shape index (κ1) is 26.4. The summed E-state index contributed by atoms with van der Waals surface area (Å²) in [5, 5.41) is 3.04. The minimum atomic E-state index is -0.741. The summed E-state index contributed by atoms with van der Waals surface area (Å²) in [5.74, 6) is -0.557. The Labute approximate surface area is 214 Å². The van der Waals surface area contributed by atoms with Crippen molar-refractivity contribution < 1.29 is 18.7 Å². The maximum absolute atomic E-state index is 13.5. The van der Waals surface area contributed by atoms with Gasteiger partial charge in [-0.3, -0.25) is 9.59 Å². The maximum atomic E-state index is 13.5. The van der Waals surface area contributed by atoms with Gasteiger partial charge in [0.05, 0.1) is 0 Å². The van der Waals surface area contributed by atoms with Crippen LogP contribution in [-0.4, -0.2) is 35.4 Å². The predicted octanol–water partition coefficient (Wildman–Crippen LogP) is 5.52. The molecular formula is C28H30BrFN2O3. The number of ether oxygens (including phenoxy) is 1. The molecule has 0 saturated carbocycles. The lowest BCUT2D eigenvalue weighted by molar-refractivity contribution is -0.143. The molecule has 3 aromatic carbocycles. The monoisotopic (exact) mass is 540 g/mol. The molecule has 2 atom stereocenters. The average Bonchev–Trinajstić information content (AvgIpc) is 2.86. The molecule has 3 rings (SSSR count). The van der Waals surface area contributed by atoms with E-state index < -0.39 is 6.04 Å². The molecule has 0 bridgehead atoms. The van der Waals surface area contributed by atoms with Crippen molar-refractivity contribution in [3.05, 3.63) is 100 Å². The summed E-state index contributed by atoms with van der Waals surface area (Å²) in [4.78, 5) is 28.5. The summed E-state index contributed by atoms with van der Waals surface area (Å²) in [7, 11) is 0. The first-order valence-corrected chi connectivity index (χ1v) is 12.4. The molecule has 0 aromatic heterocycles. The first-order chi connectivity index (χ1) is 16.9. The number of halogens is 2. The topological polar surface area (TPSA) is 58.6 Å². The summed E-state index contributed by atoms with van der Waals surface area (Å²) < 4.78 is 19.8. The molecule has 0 unspecified atom stereocenters. The van der Waals surface area contributed by atoms with E-state index in [1.165, 1.54) is 24.3 Å². The Morgan fingerprint density at radius 1 is 1.00 bits per heavy atom. The summed E-state index contributed by atoms with van der Waals surface area (Å²) in [6, 6.07) is 22.0. The van der Waals surface area contributed by atoms with Gasteiger partial charge in [-0.15, -0.1) is 0 Å². The number of nitrogens with zero attached hydrogens (tertiary/aromatic N) is 1. The molecule has 3 aromatic rings. The van der Waals surface area contributed by atoms with Crippen LogP contribution in [0.4, 0.5) is 4.39 Å². The molecule has 0 aliphatic carbocycles. The van der Waals surface area contributed by atoms with E-state index in [9.17, 15) is 14.0 Å². The van der Waals surface area contributed by atoms with Gasteiger partial charge in [-0.2, -0.15) is 0 Å². The Kier molecular flexibility index (Phi) is 9.85. The summed E-state index contributed by atoms with van der Waals surface area (Å²) in [5.41, 5.74) is 1.83. The maximum Gasteiger partial charge on any atom is 0.261 e. The quantitative estimate of drug-likeness (QED) is 0.348. The smallest absolute Gasteiger partial charge is 0.261 e. The van der Waals surface area contributed by atoms with Crippen molar-refractivity contribution in [2.75, 3.05) is 6.61 Å². The third-order valence-corrected chi connectivity index (χ3v) is 6.18. The van der Waals surface area contributed by atoms with Gasteiger partial charge in [0.25, 0.3) is 5.91 Å². The number of carbonyl (C=O) groups is 2. The number of carbonyl (C=O) groups excluding carboxylic acids is 2. The molecule has 2 amide bonds. The minimum absolute atomic E-state index is 0.0286. The van der Waals surface area contributed by atoms with E-state index in [-0.39, 0.29) is 36.8 Å². The van der Waals surface area contributed by atoms with Gasteiger partial charge in [0.2, 0.25) is 5.91 Å². The Morgan fingerprint density at radius 2 is 1.69 bits per heavy atom. The van der Waals surface area contributed by atoms with Crippen LogP contribution in [0.2, 0.25) is 0 Å². The van der Waals surface area contributed by atoms with Crippen molar-refractivity contribution in [2.45, 2.75) is 45.3 Å². The van der Waals surface area contributed by atoms with Gasteiger partial charge in [0, 0.05) is 23.5 Å². The van der Waals surface area contributed by atoms with E-state index in [4.69, 9.17) is 4.74 Å². The molecule has 5 nitrogen and oxygen atoms in total. The van der Waals surface area contributed by atoms with Crippen LogP contribution in [0.5, 0.6) is 5.75 Å². The summed E-state index contributed by atoms with van der Waals surface area (Å²) in [6.45, 7) is 3.89. The van der Waals surface area contributed by atoms with Gasteiger partial charge in [0.1, 0.15) is 17.6 Å². The lowest BCUT2D eigenvalue weighted by Gasteiger charge is -2.32. The predicted molar refractivity (Wildman–Crippen MR) is 138 cm³/mol. The molecule has 0 radical (unpaired) electrons. The molecule has 0 saturated heterocycles. The van der Waals surface area contributed by atoms with Crippen LogP contribution < -0.4 is 10.1 Å². The standard InChI is InChI=1S/C28H30BrFN2O3/c1-3-20(2)31-28(34)26(17-21-8-5-4-6-9-21)32(18-22-10-7-11-23(29)16-22)27(33)19-35-25-14-12-24(30)13-15-25/h4-16,20,26H,3,17-19H2,1-2H3,(H,31,34)/t20-,26-/m0/s1. The second-order valence-corrected chi connectivity index (χ2v) is 9.33. The van der Waals surface area contributed by atoms with Crippen LogP contribution in [0.3, 0.4) is 0 Å². The van der Waals surface area contributed by atoms with Crippen molar-refractivity contribution in [1.82, 2.24) is 10.2 Å². The van der Waals surface area contributed by atoms with Crippen LogP contribution in [0.15, 0.2) is 83.3 Å². The van der Waals surface area contributed by atoms with Crippen LogP contribution in [-0.2, 0) is 22.6 Å². The summed E-state index contributed by atoms with van der Waals surface area (Å²) >= 11 is 3.48. The van der Waals surface area contributed by atoms with Gasteiger partial charge in [-0.1, -0.05) is 65.3 Å². The zero-order valence-electron chi connectivity index (χ0n) is 19.9. The molecule has 1 N–H and O–H groups in total. The molecule has 184 valence electrons. The fraction of sp³-hybridized carbons (Fsp3) is 0.286.